The third-order valence-electron chi connectivity index (χ3n) is 3.91. The molecule has 0 saturated carbocycles. The first kappa shape index (κ1) is 19.0. The number of carbonyl (C=O) groups excluding carboxylic acids is 1. The summed E-state index contributed by atoms with van der Waals surface area (Å²) < 4.78 is 14.2. The van der Waals surface area contributed by atoms with E-state index in [0.717, 1.165) is 11.6 Å². The van der Waals surface area contributed by atoms with E-state index in [1.165, 1.54) is 6.20 Å². The fourth-order valence-electron chi connectivity index (χ4n) is 2.49. The van der Waals surface area contributed by atoms with Crippen molar-refractivity contribution in [2.24, 2.45) is 5.92 Å². The fraction of sp³-hybridized carbons (Fsp3) is 0.333. The van der Waals surface area contributed by atoms with E-state index in [4.69, 9.17) is 11.6 Å². The summed E-state index contributed by atoms with van der Waals surface area (Å²) in [7, 11) is 0. The zero-order valence-corrected chi connectivity index (χ0v) is 15.9. The number of aromatic nitrogens is 4. The number of nitrogens with zero attached hydrogens (tertiary/aromatic N) is 3. The van der Waals surface area contributed by atoms with Crippen LogP contribution in [0.25, 0.3) is 22.4 Å². The molecule has 0 radical (unpaired) electrons. The van der Waals surface area contributed by atoms with Crippen molar-refractivity contribution in [3.05, 3.63) is 35.5 Å². The second-order valence-corrected chi connectivity index (χ2v) is 7.08. The molecular formula is C18H26ClFN6O. The van der Waals surface area contributed by atoms with E-state index < -0.39 is 11.9 Å². The first-order valence-electron chi connectivity index (χ1n) is 8.55. The Balaban J connectivity index is 0.00000280. The van der Waals surface area contributed by atoms with Gasteiger partial charge in [0.25, 0.3) is 0 Å². The summed E-state index contributed by atoms with van der Waals surface area (Å²) in [5, 5.41) is 6.80. The number of H-pyrrole nitrogens is 1. The maximum atomic E-state index is 14.2. The largest absolute Gasteiger partial charge is 0.356 e. The van der Waals surface area contributed by atoms with Crippen molar-refractivity contribution in [2.45, 2.75) is 26.8 Å². The second-order valence-electron chi connectivity index (χ2n) is 6.65. The predicted octanol–water partition coefficient (Wildman–Crippen LogP) is 4.12. The maximum Gasteiger partial charge on any atom is 0.242 e. The van der Waals surface area contributed by atoms with Gasteiger partial charge in [0.15, 0.2) is 17.5 Å². The second kappa shape index (κ2) is 7.87. The summed E-state index contributed by atoms with van der Waals surface area (Å²) in [6, 6.07) is 1.08. The lowest BCUT2D eigenvalue weighted by molar-refractivity contribution is -0.121. The highest BCUT2D eigenvalue weighted by molar-refractivity contribution is 6.31. The van der Waals surface area contributed by atoms with Gasteiger partial charge >= 0.3 is 0 Å². The minimum absolute atomic E-state index is 0. The summed E-state index contributed by atoms with van der Waals surface area (Å²) in [6.45, 7) is 6.19. The maximum absolute atomic E-state index is 14.2. The van der Waals surface area contributed by atoms with Gasteiger partial charge in [-0.05, 0) is 18.9 Å². The molecule has 1 atom stereocenters. The lowest BCUT2D eigenvalue weighted by Gasteiger charge is -2.16. The average Bonchev–Trinajstić information content (AvgIpc) is 3.04. The molecule has 148 valence electrons. The molecule has 27 heavy (non-hydrogen) atoms. The zero-order chi connectivity index (χ0) is 19.6. The lowest BCUT2D eigenvalue weighted by Crippen LogP contribution is -2.39. The van der Waals surface area contributed by atoms with Crippen molar-refractivity contribution in [3.63, 3.8) is 0 Å². The summed E-state index contributed by atoms with van der Waals surface area (Å²) >= 11 is 6.01. The van der Waals surface area contributed by atoms with E-state index in [2.05, 4.69) is 30.6 Å². The van der Waals surface area contributed by atoms with E-state index >= 15 is 0 Å². The van der Waals surface area contributed by atoms with Crippen molar-refractivity contribution in [1.29, 1.82) is 0 Å². The van der Waals surface area contributed by atoms with Crippen LogP contribution in [0.5, 0.6) is 0 Å². The van der Waals surface area contributed by atoms with Crippen LogP contribution in [0.15, 0.2) is 24.7 Å². The third-order valence-corrected chi connectivity index (χ3v) is 4.12. The Labute approximate surface area is 165 Å². The van der Waals surface area contributed by atoms with Gasteiger partial charge in [-0.1, -0.05) is 25.4 Å². The number of rotatable bonds is 6. The Bertz CT molecular complexity index is 988. The molecule has 1 amide bonds. The van der Waals surface area contributed by atoms with Gasteiger partial charge in [-0.15, -0.1) is 0 Å². The lowest BCUT2D eigenvalue weighted by atomic mass is 10.2. The highest BCUT2D eigenvalue weighted by atomic mass is 35.5. The number of hydrogen-bond donors (Lipinski definition) is 3. The molecule has 0 saturated heterocycles. The van der Waals surface area contributed by atoms with Crippen LogP contribution in [0, 0.1) is 11.7 Å². The predicted molar refractivity (Wildman–Crippen MR) is 109 cm³/mol. The van der Waals surface area contributed by atoms with Crippen LogP contribution in [0.1, 0.15) is 25.1 Å². The van der Waals surface area contributed by atoms with Gasteiger partial charge in [-0.2, -0.15) is 0 Å². The number of aromatic amines is 1. The molecule has 0 unspecified atom stereocenters. The molecule has 3 aromatic heterocycles. The van der Waals surface area contributed by atoms with Gasteiger partial charge in [0.2, 0.25) is 5.91 Å². The van der Waals surface area contributed by atoms with Crippen LogP contribution < -0.4 is 10.6 Å². The average molecular weight is 397 g/mol. The Kier molecular flexibility index (Phi) is 5.55. The van der Waals surface area contributed by atoms with Gasteiger partial charge in [0, 0.05) is 34.2 Å². The van der Waals surface area contributed by atoms with Gasteiger partial charge < -0.3 is 15.6 Å². The van der Waals surface area contributed by atoms with Crippen LogP contribution in [-0.4, -0.2) is 38.4 Å². The molecule has 0 aliphatic carbocycles. The standard InChI is InChI=1S/C18H20ClFN6O.3H2/c1-9(2)5-24-18(27)10(3)25-17-14(20)8-23-16(26-17)13-7-22-15-12(13)4-11(19)6-21-15;;;/h4,6-10H,5H2,1-3H3,(H,21,22)(H,24,27)(H,23,25,26);3*1H/t10-;;;/m0.../s1. The van der Waals surface area contributed by atoms with E-state index in [0.29, 0.717) is 34.5 Å². The fourth-order valence-corrected chi connectivity index (χ4v) is 2.65. The summed E-state index contributed by atoms with van der Waals surface area (Å²) in [4.78, 5) is 27.6. The zero-order valence-electron chi connectivity index (χ0n) is 15.2. The molecular weight excluding hydrogens is 371 g/mol. The number of carbonyl (C=O) groups is 1. The monoisotopic (exact) mass is 396 g/mol. The Morgan fingerprint density at radius 3 is 2.85 bits per heavy atom. The van der Waals surface area contributed by atoms with Crippen molar-refractivity contribution in [3.8, 4) is 11.4 Å². The summed E-state index contributed by atoms with van der Waals surface area (Å²) in [5.74, 6) is -0.295. The first-order valence-corrected chi connectivity index (χ1v) is 8.92. The number of pyridine rings is 1. The van der Waals surface area contributed by atoms with E-state index in [-0.39, 0.29) is 16.0 Å². The molecule has 0 spiro atoms. The third kappa shape index (κ3) is 4.33. The van der Waals surface area contributed by atoms with Gasteiger partial charge in [0.05, 0.1) is 11.2 Å². The molecule has 0 aliphatic rings. The van der Waals surface area contributed by atoms with Crippen LogP contribution in [0.4, 0.5) is 10.2 Å². The summed E-state index contributed by atoms with van der Waals surface area (Å²) in [6.07, 6.45) is 4.28. The number of halogens is 2. The van der Waals surface area contributed by atoms with Crippen molar-refractivity contribution < 1.29 is 13.5 Å². The van der Waals surface area contributed by atoms with Crippen LogP contribution in [0.2, 0.25) is 5.02 Å². The minimum Gasteiger partial charge on any atom is -0.356 e. The number of hydrogen-bond acceptors (Lipinski definition) is 5. The molecule has 9 heteroatoms. The Morgan fingerprint density at radius 1 is 1.33 bits per heavy atom. The Morgan fingerprint density at radius 2 is 2.11 bits per heavy atom. The van der Waals surface area contributed by atoms with Crippen molar-refractivity contribution in [1.82, 2.24) is 25.3 Å². The quantitative estimate of drug-likeness (QED) is 0.582. The molecule has 0 bridgehead atoms. The topological polar surface area (TPSA) is 95.6 Å². The van der Waals surface area contributed by atoms with E-state index in [9.17, 15) is 9.18 Å². The highest BCUT2D eigenvalue weighted by Crippen LogP contribution is 2.28. The van der Waals surface area contributed by atoms with Crippen LogP contribution in [0.3, 0.4) is 0 Å². The molecule has 0 aliphatic heterocycles. The Hall–Kier alpha value is -2.74. The highest BCUT2D eigenvalue weighted by Gasteiger charge is 2.18. The minimum atomic E-state index is -0.653. The molecule has 3 N–H and O–H groups in total. The molecule has 7 nitrogen and oxygen atoms in total. The first-order chi connectivity index (χ1) is 12.8. The molecule has 3 rings (SSSR count). The van der Waals surface area contributed by atoms with Gasteiger partial charge in [-0.25, -0.2) is 19.3 Å². The SMILES string of the molecule is CC(C)CNC(=O)[C@H](C)Nc1nc(-c2c[nH]c3ncc(Cl)cc23)ncc1F.[HH].[HH].[HH]. The smallest absolute Gasteiger partial charge is 0.242 e. The van der Waals surface area contributed by atoms with Crippen LogP contribution in [-0.2, 0) is 4.79 Å². The van der Waals surface area contributed by atoms with Gasteiger partial charge in [-0.3, -0.25) is 4.79 Å². The number of fused-ring (bicyclic) bond motifs is 1. The van der Waals surface area contributed by atoms with Gasteiger partial charge in [0.1, 0.15) is 11.7 Å². The number of nitrogens with one attached hydrogen (secondary N) is 3. The molecule has 3 heterocycles. The molecule has 3 aromatic rings. The number of anilines is 1. The molecule has 0 fully saturated rings. The van der Waals surface area contributed by atoms with E-state index in [1.807, 2.05) is 13.8 Å². The normalized spacial score (nSPS) is 12.4. The number of amides is 1. The summed E-state index contributed by atoms with van der Waals surface area (Å²) in [5.41, 5.74) is 1.26. The van der Waals surface area contributed by atoms with Crippen LogP contribution >= 0.6 is 11.6 Å². The van der Waals surface area contributed by atoms with E-state index in [1.54, 1.807) is 19.2 Å². The van der Waals surface area contributed by atoms with Crippen molar-refractivity contribution >= 4 is 34.4 Å². The molecule has 0 aromatic carbocycles. The van der Waals surface area contributed by atoms with Crippen molar-refractivity contribution in [2.75, 3.05) is 11.9 Å².